The van der Waals surface area contributed by atoms with Gasteiger partial charge in [0, 0.05) is 15.7 Å². The highest BCUT2D eigenvalue weighted by Gasteiger charge is 2.07. The summed E-state index contributed by atoms with van der Waals surface area (Å²) in [6.45, 7) is 4.31. The summed E-state index contributed by atoms with van der Waals surface area (Å²) in [5.41, 5.74) is 2.85. The molecule has 0 spiro atoms. The fourth-order valence-corrected chi connectivity index (χ4v) is 2.02. The number of hydrogen-bond acceptors (Lipinski definition) is 1. The van der Waals surface area contributed by atoms with Crippen LogP contribution in [0.25, 0.3) is 0 Å². The van der Waals surface area contributed by atoms with Crippen molar-refractivity contribution < 1.29 is 0 Å². The summed E-state index contributed by atoms with van der Waals surface area (Å²) in [6.07, 6.45) is 0. The lowest BCUT2D eigenvalue weighted by Crippen LogP contribution is -2.18. The topological polar surface area (TPSA) is 37.8 Å². The number of nitrogens with zero attached hydrogens (tertiary/aromatic N) is 1. The molecule has 84 valence electrons. The average Bonchev–Trinajstić information content (AvgIpc) is 2.50. The summed E-state index contributed by atoms with van der Waals surface area (Å²) < 4.78 is 2.65. The minimum absolute atomic E-state index is 0.0493. The first kappa shape index (κ1) is 11.2. The Morgan fingerprint density at radius 3 is 2.56 bits per heavy atom. The molecule has 0 atom stereocenters. The van der Waals surface area contributed by atoms with Crippen LogP contribution in [0.1, 0.15) is 16.8 Å². The van der Waals surface area contributed by atoms with E-state index >= 15 is 0 Å². The van der Waals surface area contributed by atoms with Gasteiger partial charge < -0.3 is 0 Å². The number of aromatic amines is 1. The van der Waals surface area contributed by atoms with E-state index in [1.165, 1.54) is 0 Å². The molecule has 2 aromatic rings. The van der Waals surface area contributed by atoms with Gasteiger partial charge in [0.25, 0.3) is 5.56 Å². The molecule has 0 aliphatic carbocycles. The zero-order chi connectivity index (χ0) is 11.7. The van der Waals surface area contributed by atoms with Gasteiger partial charge >= 0.3 is 0 Å². The van der Waals surface area contributed by atoms with Crippen LogP contribution in [0, 0.1) is 13.8 Å². The van der Waals surface area contributed by atoms with Crippen molar-refractivity contribution in [1.82, 2.24) is 9.78 Å². The van der Waals surface area contributed by atoms with Crippen molar-refractivity contribution in [3.8, 4) is 0 Å². The largest absolute Gasteiger partial charge is 0.299 e. The third-order valence-electron chi connectivity index (χ3n) is 2.72. The van der Waals surface area contributed by atoms with Gasteiger partial charge in [0.2, 0.25) is 0 Å². The van der Waals surface area contributed by atoms with Gasteiger partial charge in [-0.1, -0.05) is 34.1 Å². The molecule has 1 heterocycles. The van der Waals surface area contributed by atoms with E-state index in [4.69, 9.17) is 0 Å². The van der Waals surface area contributed by atoms with Crippen LogP contribution in [-0.4, -0.2) is 9.78 Å². The summed E-state index contributed by atoms with van der Waals surface area (Å²) in [6, 6.07) is 7.90. The summed E-state index contributed by atoms with van der Waals surface area (Å²) in [7, 11) is 0. The predicted octanol–water partition coefficient (Wildman–Crippen LogP) is 2.60. The van der Waals surface area contributed by atoms with Crippen molar-refractivity contribution in [1.29, 1.82) is 0 Å². The number of hydrogen-bond donors (Lipinski definition) is 1. The molecule has 0 fully saturated rings. The first-order valence-electron chi connectivity index (χ1n) is 5.09. The average molecular weight is 281 g/mol. The molecule has 2 rings (SSSR count). The molecule has 16 heavy (non-hydrogen) atoms. The Balaban J connectivity index is 2.38. The molecular formula is C12H13BrN2O. The Hall–Kier alpha value is -1.29. The van der Waals surface area contributed by atoms with Crippen molar-refractivity contribution in [2.75, 3.05) is 0 Å². The van der Waals surface area contributed by atoms with Crippen LogP contribution in [0.15, 0.2) is 33.5 Å². The number of aryl methyl sites for hydroxylation is 1. The van der Waals surface area contributed by atoms with Crippen molar-refractivity contribution in [3.63, 3.8) is 0 Å². The minimum Gasteiger partial charge on any atom is -0.299 e. The van der Waals surface area contributed by atoms with Gasteiger partial charge in [-0.3, -0.25) is 9.89 Å². The van der Waals surface area contributed by atoms with Gasteiger partial charge in [0.1, 0.15) is 0 Å². The van der Waals surface area contributed by atoms with Crippen LogP contribution >= 0.6 is 15.9 Å². The second-order valence-electron chi connectivity index (χ2n) is 3.84. The second-order valence-corrected chi connectivity index (χ2v) is 4.70. The van der Waals surface area contributed by atoms with Crippen LogP contribution in [0.2, 0.25) is 0 Å². The maximum atomic E-state index is 11.8. The lowest BCUT2D eigenvalue weighted by molar-refractivity contribution is 0.655. The highest BCUT2D eigenvalue weighted by molar-refractivity contribution is 9.10. The first-order chi connectivity index (χ1) is 7.59. The van der Waals surface area contributed by atoms with Crippen LogP contribution in [0.5, 0.6) is 0 Å². The zero-order valence-electron chi connectivity index (χ0n) is 9.25. The molecule has 0 saturated carbocycles. The molecule has 0 bridgehead atoms. The van der Waals surface area contributed by atoms with E-state index < -0.39 is 0 Å². The molecular weight excluding hydrogens is 268 g/mol. The molecule has 3 nitrogen and oxygen atoms in total. The molecule has 1 aromatic carbocycles. The molecule has 0 radical (unpaired) electrons. The number of nitrogens with one attached hydrogen (secondary N) is 1. The molecule has 0 saturated heterocycles. The maximum Gasteiger partial charge on any atom is 0.269 e. The smallest absolute Gasteiger partial charge is 0.269 e. The van der Waals surface area contributed by atoms with Gasteiger partial charge in [-0.05, 0) is 25.5 Å². The van der Waals surface area contributed by atoms with Crippen molar-refractivity contribution in [3.05, 3.63) is 55.9 Å². The normalized spacial score (nSPS) is 10.7. The molecule has 0 aliphatic heterocycles. The number of aromatic nitrogens is 2. The highest BCUT2D eigenvalue weighted by Crippen LogP contribution is 2.16. The molecule has 1 N–H and O–H groups in total. The summed E-state index contributed by atoms with van der Waals surface area (Å²) in [5, 5.41) is 3.07. The summed E-state index contributed by atoms with van der Waals surface area (Å²) in [5.74, 6) is 0. The fourth-order valence-electron chi connectivity index (χ4n) is 1.61. The van der Waals surface area contributed by atoms with Crippen molar-refractivity contribution >= 4 is 15.9 Å². The number of H-pyrrole nitrogens is 1. The second kappa shape index (κ2) is 4.29. The van der Waals surface area contributed by atoms with E-state index in [0.29, 0.717) is 6.54 Å². The number of rotatable bonds is 2. The summed E-state index contributed by atoms with van der Waals surface area (Å²) >= 11 is 3.47. The zero-order valence-corrected chi connectivity index (χ0v) is 10.8. The molecule has 1 aromatic heterocycles. The first-order valence-corrected chi connectivity index (χ1v) is 5.88. The molecule has 0 unspecified atom stereocenters. The van der Waals surface area contributed by atoms with Crippen LogP contribution < -0.4 is 5.56 Å². The predicted molar refractivity (Wildman–Crippen MR) is 67.8 cm³/mol. The quantitative estimate of drug-likeness (QED) is 0.902. The van der Waals surface area contributed by atoms with E-state index in [1.54, 1.807) is 4.68 Å². The van der Waals surface area contributed by atoms with Gasteiger partial charge in [0.05, 0.1) is 6.54 Å². The Morgan fingerprint density at radius 1 is 1.31 bits per heavy atom. The van der Waals surface area contributed by atoms with E-state index in [0.717, 1.165) is 21.3 Å². The molecule has 0 amide bonds. The number of halogens is 1. The van der Waals surface area contributed by atoms with Crippen molar-refractivity contribution in [2.45, 2.75) is 20.4 Å². The monoisotopic (exact) mass is 280 g/mol. The van der Waals surface area contributed by atoms with Gasteiger partial charge in [-0.25, -0.2) is 4.68 Å². The Kier molecular flexibility index (Phi) is 3.01. The molecule has 4 heteroatoms. The van der Waals surface area contributed by atoms with E-state index in [9.17, 15) is 4.79 Å². The number of benzene rings is 1. The van der Waals surface area contributed by atoms with E-state index in [2.05, 4.69) is 21.0 Å². The standard InChI is InChI=1S/C12H13BrN2O/c1-8-9(2)14-15(12(8)16)7-10-5-3-4-6-11(10)13/h3-6,14H,7H2,1-2H3. The Labute approximate surface area is 102 Å². The molecule has 0 aliphatic rings. The third kappa shape index (κ3) is 1.97. The van der Waals surface area contributed by atoms with Crippen molar-refractivity contribution in [2.24, 2.45) is 0 Å². The lowest BCUT2D eigenvalue weighted by atomic mass is 10.2. The third-order valence-corrected chi connectivity index (χ3v) is 3.49. The summed E-state index contributed by atoms with van der Waals surface area (Å²) in [4.78, 5) is 11.8. The van der Waals surface area contributed by atoms with E-state index in [1.807, 2.05) is 38.1 Å². The van der Waals surface area contributed by atoms with Gasteiger partial charge in [0.15, 0.2) is 0 Å². The van der Waals surface area contributed by atoms with Crippen LogP contribution in [-0.2, 0) is 6.54 Å². The van der Waals surface area contributed by atoms with E-state index in [-0.39, 0.29) is 5.56 Å². The maximum absolute atomic E-state index is 11.8. The van der Waals surface area contributed by atoms with Crippen LogP contribution in [0.3, 0.4) is 0 Å². The fraction of sp³-hybridized carbons (Fsp3) is 0.250. The van der Waals surface area contributed by atoms with Gasteiger partial charge in [-0.15, -0.1) is 0 Å². The Bertz CT molecular complexity index is 569. The van der Waals surface area contributed by atoms with Gasteiger partial charge in [-0.2, -0.15) is 0 Å². The lowest BCUT2D eigenvalue weighted by Gasteiger charge is -2.04. The highest BCUT2D eigenvalue weighted by atomic mass is 79.9. The van der Waals surface area contributed by atoms with Crippen LogP contribution in [0.4, 0.5) is 0 Å². The SMILES string of the molecule is Cc1[nH]n(Cc2ccccc2Br)c(=O)c1C. The Morgan fingerprint density at radius 2 is 2.00 bits per heavy atom. The minimum atomic E-state index is 0.0493.